The van der Waals surface area contributed by atoms with Crippen LogP contribution in [0.2, 0.25) is 0 Å². The van der Waals surface area contributed by atoms with Gasteiger partial charge in [0.25, 0.3) is 5.91 Å². The lowest BCUT2D eigenvalue weighted by Crippen LogP contribution is -2.43. The minimum Gasteiger partial charge on any atom is -0.503 e. The van der Waals surface area contributed by atoms with E-state index >= 15 is 0 Å². The summed E-state index contributed by atoms with van der Waals surface area (Å²) in [6, 6.07) is 20.0. The maximum absolute atomic E-state index is 12.4. The maximum Gasteiger partial charge on any atom is 0.293 e. The molecule has 0 aliphatic carbocycles. The van der Waals surface area contributed by atoms with E-state index in [0.717, 1.165) is 11.3 Å². The van der Waals surface area contributed by atoms with Gasteiger partial charge in [0.1, 0.15) is 12.4 Å². The lowest BCUT2D eigenvalue weighted by molar-refractivity contribution is -0.705. The van der Waals surface area contributed by atoms with Crippen molar-refractivity contribution >= 4 is 11.6 Å². The van der Waals surface area contributed by atoms with E-state index in [1.807, 2.05) is 42.5 Å². The van der Waals surface area contributed by atoms with Crippen LogP contribution in [0.3, 0.4) is 0 Å². The van der Waals surface area contributed by atoms with Crippen molar-refractivity contribution in [1.29, 1.82) is 0 Å². The molecular formula is C21H21N2O3+. The predicted octanol–water partition coefficient (Wildman–Crippen LogP) is 3.46. The molecule has 0 aliphatic rings. The van der Waals surface area contributed by atoms with Crippen LogP contribution in [0.5, 0.6) is 11.5 Å². The molecule has 1 aromatic heterocycles. The number of nitrogens with zero attached hydrogens (tertiary/aromatic N) is 1. The molecule has 26 heavy (non-hydrogen) atoms. The number of carbonyl (C=O) groups excluding carboxylic acids is 1. The number of pyridine rings is 1. The van der Waals surface area contributed by atoms with Crippen LogP contribution < -0.4 is 14.6 Å². The highest BCUT2D eigenvalue weighted by molar-refractivity contribution is 5.92. The van der Waals surface area contributed by atoms with E-state index in [-0.39, 0.29) is 11.7 Å². The number of ether oxygens (including phenoxy) is 1. The van der Waals surface area contributed by atoms with Crippen LogP contribution in [0.15, 0.2) is 79.1 Å². The third-order valence-corrected chi connectivity index (χ3v) is 4.00. The third-order valence-electron chi connectivity index (χ3n) is 4.00. The first-order chi connectivity index (χ1) is 12.6. The second kappa shape index (κ2) is 8.16. The van der Waals surface area contributed by atoms with Crippen molar-refractivity contribution in [2.75, 3.05) is 5.32 Å². The Hall–Kier alpha value is -3.34. The number of benzene rings is 2. The van der Waals surface area contributed by atoms with Crippen LogP contribution in [0, 0.1) is 0 Å². The summed E-state index contributed by atoms with van der Waals surface area (Å²) in [6.45, 7) is 2.27. The van der Waals surface area contributed by atoms with E-state index in [1.165, 1.54) is 6.20 Å². The molecule has 0 spiro atoms. The maximum atomic E-state index is 12.4. The summed E-state index contributed by atoms with van der Waals surface area (Å²) >= 11 is 0. The molecular weight excluding hydrogens is 328 g/mol. The van der Waals surface area contributed by atoms with Gasteiger partial charge in [-0.1, -0.05) is 30.3 Å². The Morgan fingerprint density at radius 1 is 1.08 bits per heavy atom. The number of anilines is 1. The molecule has 0 saturated heterocycles. The number of carbonyl (C=O) groups is 1. The first-order valence-electron chi connectivity index (χ1n) is 8.39. The standard InChI is InChI=1S/C21H20N2O3/c1-16(23-13-5-8-19(24)14-23)21(25)22-18-9-11-20(12-10-18)26-15-17-6-3-2-4-7-17/h2-14,16H,15H2,1H3,(H-,22,24,25)/p+1/t16-/m0/s1. The molecule has 2 N–H and O–H groups in total. The third kappa shape index (κ3) is 4.60. The van der Waals surface area contributed by atoms with Crippen molar-refractivity contribution in [3.05, 3.63) is 84.7 Å². The van der Waals surface area contributed by atoms with Crippen LogP contribution in [0.4, 0.5) is 5.69 Å². The Morgan fingerprint density at radius 3 is 2.50 bits per heavy atom. The van der Waals surface area contributed by atoms with Gasteiger partial charge in [-0.25, -0.2) is 0 Å². The van der Waals surface area contributed by atoms with Gasteiger partial charge in [0.15, 0.2) is 11.9 Å². The summed E-state index contributed by atoms with van der Waals surface area (Å²) in [7, 11) is 0. The fourth-order valence-electron chi connectivity index (χ4n) is 2.48. The Balaban J connectivity index is 1.57. The molecule has 0 unspecified atom stereocenters. The van der Waals surface area contributed by atoms with E-state index in [1.54, 1.807) is 42.0 Å². The van der Waals surface area contributed by atoms with Gasteiger partial charge in [-0.15, -0.1) is 0 Å². The molecule has 3 rings (SSSR count). The second-order valence-corrected chi connectivity index (χ2v) is 5.97. The van der Waals surface area contributed by atoms with Crippen LogP contribution in [0.25, 0.3) is 0 Å². The van der Waals surface area contributed by atoms with Gasteiger partial charge in [0.05, 0.1) is 0 Å². The number of aromatic nitrogens is 1. The van der Waals surface area contributed by atoms with Crippen molar-refractivity contribution in [3.8, 4) is 11.5 Å². The first kappa shape index (κ1) is 17.5. The largest absolute Gasteiger partial charge is 0.503 e. The van der Waals surface area contributed by atoms with Crippen LogP contribution in [-0.2, 0) is 11.4 Å². The Labute approximate surface area is 152 Å². The zero-order chi connectivity index (χ0) is 18.4. The number of aromatic hydroxyl groups is 1. The molecule has 0 aliphatic heterocycles. The molecule has 1 atom stereocenters. The van der Waals surface area contributed by atoms with Gasteiger partial charge >= 0.3 is 0 Å². The Bertz CT molecular complexity index is 864. The van der Waals surface area contributed by atoms with Gasteiger partial charge in [0.2, 0.25) is 12.2 Å². The molecule has 1 heterocycles. The van der Waals surface area contributed by atoms with E-state index in [9.17, 15) is 9.90 Å². The number of hydrogen-bond acceptors (Lipinski definition) is 3. The van der Waals surface area contributed by atoms with E-state index < -0.39 is 6.04 Å². The fraction of sp³-hybridized carbons (Fsp3) is 0.143. The highest BCUT2D eigenvalue weighted by atomic mass is 16.5. The Morgan fingerprint density at radius 2 is 1.81 bits per heavy atom. The average molecular weight is 349 g/mol. The monoisotopic (exact) mass is 349 g/mol. The van der Waals surface area contributed by atoms with Crippen molar-refractivity contribution in [2.45, 2.75) is 19.6 Å². The topological polar surface area (TPSA) is 62.4 Å². The van der Waals surface area contributed by atoms with Crippen molar-refractivity contribution in [1.82, 2.24) is 0 Å². The van der Waals surface area contributed by atoms with Crippen LogP contribution in [0.1, 0.15) is 18.5 Å². The summed E-state index contributed by atoms with van der Waals surface area (Å²) in [5, 5.41) is 12.4. The molecule has 3 aromatic rings. The lowest BCUT2D eigenvalue weighted by Gasteiger charge is -2.10. The van der Waals surface area contributed by atoms with Gasteiger partial charge in [-0.3, -0.25) is 4.79 Å². The summed E-state index contributed by atoms with van der Waals surface area (Å²) < 4.78 is 7.39. The second-order valence-electron chi connectivity index (χ2n) is 5.97. The fourth-order valence-corrected chi connectivity index (χ4v) is 2.48. The molecule has 0 bridgehead atoms. The summed E-state index contributed by atoms with van der Waals surface area (Å²) in [6.07, 6.45) is 3.26. The van der Waals surface area contributed by atoms with E-state index in [4.69, 9.17) is 4.74 Å². The van der Waals surface area contributed by atoms with Crippen molar-refractivity contribution in [3.63, 3.8) is 0 Å². The molecule has 0 radical (unpaired) electrons. The molecule has 5 nitrogen and oxygen atoms in total. The average Bonchev–Trinajstić information content (AvgIpc) is 2.67. The molecule has 1 amide bonds. The smallest absolute Gasteiger partial charge is 0.293 e. The zero-order valence-electron chi connectivity index (χ0n) is 14.5. The minimum atomic E-state index is -0.448. The van der Waals surface area contributed by atoms with Crippen molar-refractivity contribution < 1.29 is 19.2 Å². The van der Waals surface area contributed by atoms with Crippen molar-refractivity contribution in [2.24, 2.45) is 0 Å². The van der Waals surface area contributed by atoms with Gasteiger partial charge < -0.3 is 15.2 Å². The van der Waals surface area contributed by atoms with Crippen LogP contribution >= 0.6 is 0 Å². The SMILES string of the molecule is C[C@@H](C(=O)Nc1ccc(OCc2ccccc2)cc1)[n+]1cccc(O)c1. The molecule has 132 valence electrons. The van der Waals surface area contributed by atoms with Gasteiger partial charge in [-0.05, 0) is 35.9 Å². The van der Waals surface area contributed by atoms with Gasteiger partial charge in [0, 0.05) is 18.7 Å². The zero-order valence-corrected chi connectivity index (χ0v) is 14.5. The first-order valence-corrected chi connectivity index (χ1v) is 8.39. The van der Waals surface area contributed by atoms with Gasteiger partial charge in [-0.2, -0.15) is 4.57 Å². The highest BCUT2D eigenvalue weighted by Gasteiger charge is 2.22. The normalized spacial score (nSPS) is 11.6. The number of amides is 1. The molecule has 5 heteroatoms. The minimum absolute atomic E-state index is 0.118. The molecule has 0 fully saturated rings. The summed E-state index contributed by atoms with van der Waals surface area (Å²) in [5.41, 5.74) is 1.79. The lowest BCUT2D eigenvalue weighted by atomic mass is 10.2. The number of nitrogens with one attached hydrogen (secondary N) is 1. The molecule has 0 saturated carbocycles. The summed E-state index contributed by atoms with van der Waals surface area (Å²) in [4.78, 5) is 12.4. The molecule has 2 aromatic carbocycles. The Kier molecular flexibility index (Phi) is 5.49. The summed E-state index contributed by atoms with van der Waals surface area (Å²) in [5.74, 6) is 0.688. The van der Waals surface area contributed by atoms with E-state index in [0.29, 0.717) is 12.3 Å². The van der Waals surface area contributed by atoms with E-state index in [2.05, 4.69) is 5.32 Å². The van der Waals surface area contributed by atoms with Crippen LogP contribution in [-0.4, -0.2) is 11.0 Å². The number of hydrogen-bond donors (Lipinski definition) is 2. The highest BCUT2D eigenvalue weighted by Crippen LogP contribution is 2.18. The quantitative estimate of drug-likeness (QED) is 0.670. The number of rotatable bonds is 6. The predicted molar refractivity (Wildman–Crippen MR) is 98.9 cm³/mol.